The van der Waals surface area contributed by atoms with E-state index in [2.05, 4.69) is 191 Å². The normalized spacial score (nSPS) is 12.9. The van der Waals surface area contributed by atoms with Crippen LogP contribution in [-0.2, 0) is 12.0 Å². The van der Waals surface area contributed by atoms with Crippen LogP contribution in [0.4, 0.5) is 17.1 Å². The Morgan fingerprint density at radius 3 is 1.76 bits per heavy atom. The molecule has 0 aliphatic heterocycles. The average Bonchev–Trinajstić information content (AvgIpc) is 3.62. The molecule has 2 aliphatic carbocycles. The maximum absolute atomic E-state index is 6.20. The molecule has 0 bridgehead atoms. The van der Waals surface area contributed by atoms with Crippen LogP contribution >= 0.6 is 15.9 Å². The van der Waals surface area contributed by atoms with Gasteiger partial charge in [-0.15, -0.1) is 0 Å². The molecule has 0 radical (unpaired) electrons. The van der Waals surface area contributed by atoms with E-state index in [1.54, 1.807) is 0 Å². The molecule has 7 aromatic rings. The van der Waals surface area contributed by atoms with Crippen LogP contribution in [0.15, 0.2) is 175 Å². The van der Waals surface area contributed by atoms with E-state index in [0.717, 1.165) is 38.4 Å². The summed E-state index contributed by atoms with van der Waals surface area (Å²) < 4.78 is 7.29. The zero-order valence-corrected chi connectivity index (χ0v) is 28.4. The molecule has 9 rings (SSSR count). The van der Waals surface area contributed by atoms with Gasteiger partial charge < -0.3 is 9.64 Å². The molecule has 234 valence electrons. The van der Waals surface area contributed by atoms with Crippen LogP contribution in [-0.4, -0.2) is 0 Å². The van der Waals surface area contributed by atoms with Crippen molar-refractivity contribution in [3.05, 3.63) is 208 Å². The van der Waals surface area contributed by atoms with Crippen LogP contribution < -0.4 is 9.64 Å². The monoisotopic (exact) mass is 693 g/mol. The van der Waals surface area contributed by atoms with Gasteiger partial charge in [-0.3, -0.25) is 0 Å². The van der Waals surface area contributed by atoms with Crippen LogP contribution in [0.3, 0.4) is 0 Å². The molecule has 0 aromatic heterocycles. The van der Waals surface area contributed by atoms with Gasteiger partial charge in [-0.2, -0.15) is 0 Å². The number of halogens is 1. The number of fused-ring (bicyclic) bond motifs is 10. The first-order valence-electron chi connectivity index (χ1n) is 16.6. The third kappa shape index (κ3) is 4.68. The summed E-state index contributed by atoms with van der Waals surface area (Å²) in [6.07, 6.45) is 1.85. The second kappa shape index (κ2) is 11.8. The van der Waals surface area contributed by atoms with E-state index < -0.39 is 5.41 Å². The molecular weight excluding hydrogens is 662 g/mol. The molecule has 49 heavy (non-hydrogen) atoms. The highest BCUT2D eigenvalue weighted by Crippen LogP contribution is 2.63. The molecule has 1 spiro atoms. The SMILES string of the molecule is C=Cc1ccc(COc2ccc(N(c3ccccc3)c3ccc4c(c3)C3(c5ccccc5-c5ccccc53)c3cc(Br)ccc3-4)cc2)cc1. The zero-order chi connectivity index (χ0) is 33.0. The summed E-state index contributed by atoms with van der Waals surface area (Å²) in [7, 11) is 0. The van der Waals surface area contributed by atoms with Crippen molar-refractivity contribution >= 4 is 39.1 Å². The molecule has 0 atom stereocenters. The number of rotatable bonds is 7. The Balaban J connectivity index is 1.17. The largest absolute Gasteiger partial charge is 0.489 e. The molecule has 2 aliphatic rings. The first kappa shape index (κ1) is 29.5. The lowest BCUT2D eigenvalue weighted by Gasteiger charge is -2.32. The lowest BCUT2D eigenvalue weighted by atomic mass is 9.70. The molecule has 3 heteroatoms. The molecular formula is C46H32BrNO. The van der Waals surface area contributed by atoms with Gasteiger partial charge in [0.25, 0.3) is 0 Å². The van der Waals surface area contributed by atoms with Gasteiger partial charge in [0.2, 0.25) is 0 Å². The second-order valence-electron chi connectivity index (χ2n) is 12.7. The number of ether oxygens (including phenoxy) is 1. The van der Waals surface area contributed by atoms with Crippen LogP contribution in [0.5, 0.6) is 5.75 Å². The molecule has 0 unspecified atom stereocenters. The van der Waals surface area contributed by atoms with Gasteiger partial charge in [-0.05, 0) is 116 Å². The minimum atomic E-state index is -0.429. The topological polar surface area (TPSA) is 12.5 Å². The van der Waals surface area contributed by atoms with Crippen LogP contribution in [0, 0.1) is 0 Å². The summed E-state index contributed by atoms with van der Waals surface area (Å²) >= 11 is 3.83. The lowest BCUT2D eigenvalue weighted by molar-refractivity contribution is 0.306. The van der Waals surface area contributed by atoms with Gasteiger partial charge in [0, 0.05) is 21.5 Å². The zero-order valence-electron chi connectivity index (χ0n) is 26.8. The molecule has 0 N–H and O–H groups in total. The maximum atomic E-state index is 6.20. The van der Waals surface area contributed by atoms with E-state index in [0.29, 0.717) is 6.61 Å². The van der Waals surface area contributed by atoms with Crippen molar-refractivity contribution in [1.82, 2.24) is 0 Å². The minimum Gasteiger partial charge on any atom is -0.489 e. The summed E-state index contributed by atoms with van der Waals surface area (Å²) in [5.74, 6) is 0.831. The van der Waals surface area contributed by atoms with Crippen LogP contribution in [0.1, 0.15) is 33.4 Å². The summed E-state index contributed by atoms with van der Waals surface area (Å²) in [6, 6.07) is 59.0. The predicted octanol–water partition coefficient (Wildman–Crippen LogP) is 12.5. The fourth-order valence-corrected chi connectivity index (χ4v) is 8.23. The fourth-order valence-electron chi connectivity index (χ4n) is 7.87. The number of anilines is 3. The van der Waals surface area contributed by atoms with Crippen molar-refractivity contribution < 1.29 is 4.74 Å². The van der Waals surface area contributed by atoms with Crippen LogP contribution in [0.2, 0.25) is 0 Å². The Bertz CT molecular complexity index is 2310. The van der Waals surface area contributed by atoms with Crippen molar-refractivity contribution in [1.29, 1.82) is 0 Å². The first-order chi connectivity index (χ1) is 24.1. The summed E-state index contributed by atoms with van der Waals surface area (Å²) in [5, 5.41) is 0. The minimum absolute atomic E-state index is 0.429. The van der Waals surface area contributed by atoms with E-state index in [9.17, 15) is 0 Å². The standard InChI is InChI=1S/C46H32BrNO/c1-2-31-16-18-32(19-17-31)30-49-37-24-21-35(22-25-37)48(34-10-4-3-5-11-34)36-23-27-41-40-26-20-33(47)28-44(40)46(45(41)29-36)42-14-8-6-12-38(42)39-13-7-9-15-43(39)46/h2-29H,1,30H2. The van der Waals surface area contributed by atoms with Crippen molar-refractivity contribution in [2.75, 3.05) is 4.90 Å². The highest BCUT2D eigenvalue weighted by atomic mass is 79.9. The summed E-state index contributed by atoms with van der Waals surface area (Å²) in [5.41, 5.74) is 15.5. The molecule has 0 saturated heterocycles. The molecule has 0 fully saturated rings. The lowest BCUT2D eigenvalue weighted by Crippen LogP contribution is -2.26. The van der Waals surface area contributed by atoms with E-state index in [4.69, 9.17) is 4.74 Å². The Kier molecular flexibility index (Phi) is 7.10. The smallest absolute Gasteiger partial charge is 0.119 e. The Morgan fingerprint density at radius 1 is 0.531 bits per heavy atom. The second-order valence-corrected chi connectivity index (χ2v) is 13.6. The summed E-state index contributed by atoms with van der Waals surface area (Å²) in [4.78, 5) is 2.34. The van der Waals surface area contributed by atoms with Gasteiger partial charge in [-0.1, -0.05) is 132 Å². The van der Waals surface area contributed by atoms with E-state index in [1.165, 1.54) is 44.5 Å². The van der Waals surface area contributed by atoms with E-state index in [-0.39, 0.29) is 0 Å². The fraction of sp³-hybridized carbons (Fsp3) is 0.0435. The van der Waals surface area contributed by atoms with Gasteiger partial charge in [0.15, 0.2) is 0 Å². The molecule has 0 saturated carbocycles. The van der Waals surface area contributed by atoms with Crippen LogP contribution in [0.25, 0.3) is 28.3 Å². The predicted molar refractivity (Wildman–Crippen MR) is 206 cm³/mol. The van der Waals surface area contributed by atoms with E-state index in [1.807, 2.05) is 6.08 Å². The number of hydrogen-bond acceptors (Lipinski definition) is 2. The number of hydrogen-bond donors (Lipinski definition) is 0. The number of benzene rings is 7. The van der Waals surface area contributed by atoms with Crippen molar-refractivity contribution in [3.63, 3.8) is 0 Å². The Labute approximate surface area is 295 Å². The third-order valence-corrected chi connectivity index (χ3v) is 10.5. The molecule has 0 heterocycles. The highest BCUT2D eigenvalue weighted by Gasteiger charge is 2.51. The quantitative estimate of drug-likeness (QED) is 0.165. The molecule has 0 amide bonds. The number of para-hydroxylation sites is 1. The third-order valence-electron chi connectivity index (χ3n) is 10.0. The van der Waals surface area contributed by atoms with Crippen molar-refractivity contribution in [2.24, 2.45) is 0 Å². The van der Waals surface area contributed by atoms with E-state index >= 15 is 0 Å². The first-order valence-corrected chi connectivity index (χ1v) is 17.4. The molecule has 7 aromatic carbocycles. The van der Waals surface area contributed by atoms with Gasteiger partial charge in [0.1, 0.15) is 12.4 Å². The molecule has 2 nitrogen and oxygen atoms in total. The van der Waals surface area contributed by atoms with Crippen molar-refractivity contribution in [3.8, 4) is 28.0 Å². The average molecular weight is 695 g/mol. The van der Waals surface area contributed by atoms with Gasteiger partial charge >= 0.3 is 0 Å². The van der Waals surface area contributed by atoms with Gasteiger partial charge in [-0.25, -0.2) is 0 Å². The van der Waals surface area contributed by atoms with Crippen molar-refractivity contribution in [2.45, 2.75) is 12.0 Å². The Morgan fingerprint density at radius 2 is 1.08 bits per heavy atom. The summed E-state index contributed by atoms with van der Waals surface area (Å²) in [6.45, 7) is 4.36. The Hall–Kier alpha value is -5.64. The highest BCUT2D eigenvalue weighted by molar-refractivity contribution is 9.10. The number of nitrogens with zero attached hydrogens (tertiary/aromatic N) is 1. The maximum Gasteiger partial charge on any atom is 0.119 e. The van der Waals surface area contributed by atoms with Gasteiger partial charge in [0.05, 0.1) is 5.41 Å².